The molecule has 0 saturated carbocycles. The molecule has 0 spiro atoms. The normalized spacial score (nSPS) is 10.4. The number of furan rings is 1. The van der Waals surface area contributed by atoms with E-state index in [2.05, 4.69) is 19.9 Å². The van der Waals surface area contributed by atoms with E-state index >= 15 is 0 Å². The number of unbranched alkanes of at least 4 members (excludes halogenated alkanes) is 8. The van der Waals surface area contributed by atoms with Crippen molar-refractivity contribution in [1.82, 2.24) is 0 Å². The lowest BCUT2D eigenvalue weighted by Crippen LogP contribution is -1.87. The molecule has 0 fully saturated rings. The average molecular weight is 355 g/mol. The number of carbonyl (C=O) groups is 1. The van der Waals surface area contributed by atoms with Crippen LogP contribution in [-0.2, 0) is 17.6 Å². The van der Waals surface area contributed by atoms with Crippen LogP contribution in [0.3, 0.4) is 0 Å². The Morgan fingerprint density at radius 3 is 2.04 bits per heavy atom. The molecule has 0 aliphatic carbocycles. The predicted molar refractivity (Wildman–Crippen MR) is 103 cm³/mol. The topological polar surface area (TPSA) is 70.7 Å². The molecule has 0 unspecified atom stereocenters. The SMILES string of the molecule is CC(=O)O.CCCCCc1cc(C)c(CCCCCCCCCO)o1. The summed E-state index contributed by atoms with van der Waals surface area (Å²) in [6, 6.07) is 2.24. The molecule has 0 aromatic carbocycles. The Bertz CT molecular complexity index is 433. The molecule has 0 saturated heterocycles. The van der Waals surface area contributed by atoms with E-state index in [1.165, 1.54) is 74.9 Å². The first-order chi connectivity index (χ1) is 12.0. The number of hydrogen-bond donors (Lipinski definition) is 2. The highest BCUT2D eigenvalue weighted by Crippen LogP contribution is 2.19. The molecule has 1 heterocycles. The monoisotopic (exact) mass is 354 g/mol. The molecule has 0 bridgehead atoms. The van der Waals surface area contributed by atoms with Crippen LogP contribution in [0.5, 0.6) is 0 Å². The van der Waals surface area contributed by atoms with Gasteiger partial charge in [-0.1, -0.05) is 51.9 Å². The second kappa shape index (κ2) is 16.2. The van der Waals surface area contributed by atoms with Crippen molar-refractivity contribution in [2.45, 2.75) is 97.8 Å². The molecule has 25 heavy (non-hydrogen) atoms. The number of carboxylic acids is 1. The third-order valence-electron chi connectivity index (χ3n) is 4.16. The third kappa shape index (κ3) is 14.7. The maximum Gasteiger partial charge on any atom is 0.300 e. The smallest absolute Gasteiger partial charge is 0.300 e. The van der Waals surface area contributed by atoms with Gasteiger partial charge in [-0.25, -0.2) is 0 Å². The van der Waals surface area contributed by atoms with Crippen LogP contribution in [0.2, 0.25) is 0 Å². The first-order valence-corrected chi connectivity index (χ1v) is 9.89. The molecule has 0 radical (unpaired) electrons. The van der Waals surface area contributed by atoms with E-state index in [0.29, 0.717) is 6.61 Å². The van der Waals surface area contributed by atoms with Crippen LogP contribution >= 0.6 is 0 Å². The molecule has 0 amide bonds. The Morgan fingerprint density at radius 1 is 0.960 bits per heavy atom. The van der Waals surface area contributed by atoms with E-state index < -0.39 is 5.97 Å². The number of carboxylic acid groups (broad SMARTS) is 1. The Balaban J connectivity index is 0.00000129. The number of aryl methyl sites for hydroxylation is 3. The highest BCUT2D eigenvalue weighted by atomic mass is 16.4. The number of aliphatic carboxylic acids is 1. The minimum atomic E-state index is -0.833. The van der Waals surface area contributed by atoms with Crippen LogP contribution in [0.15, 0.2) is 10.5 Å². The van der Waals surface area contributed by atoms with E-state index in [0.717, 1.165) is 26.2 Å². The van der Waals surface area contributed by atoms with E-state index in [1.807, 2.05) is 0 Å². The van der Waals surface area contributed by atoms with E-state index in [1.54, 1.807) is 0 Å². The zero-order valence-corrected chi connectivity index (χ0v) is 16.5. The third-order valence-corrected chi connectivity index (χ3v) is 4.16. The quantitative estimate of drug-likeness (QED) is 0.447. The lowest BCUT2D eigenvalue weighted by atomic mass is 10.1. The molecule has 1 aromatic rings. The van der Waals surface area contributed by atoms with Crippen LogP contribution in [-0.4, -0.2) is 22.8 Å². The van der Waals surface area contributed by atoms with Gasteiger partial charge in [-0.2, -0.15) is 0 Å². The molecule has 146 valence electrons. The summed E-state index contributed by atoms with van der Waals surface area (Å²) in [6.07, 6.45) is 14.6. The first kappa shape index (κ1) is 23.7. The Kier molecular flexibility index (Phi) is 15.4. The zero-order chi connectivity index (χ0) is 18.9. The lowest BCUT2D eigenvalue weighted by molar-refractivity contribution is -0.134. The van der Waals surface area contributed by atoms with Gasteiger partial charge in [0.15, 0.2) is 0 Å². The van der Waals surface area contributed by atoms with Crippen molar-refractivity contribution in [2.24, 2.45) is 0 Å². The molecule has 1 aromatic heterocycles. The van der Waals surface area contributed by atoms with E-state index in [4.69, 9.17) is 19.4 Å². The fourth-order valence-corrected chi connectivity index (χ4v) is 2.79. The summed E-state index contributed by atoms with van der Waals surface area (Å²) in [5.74, 6) is 1.56. The van der Waals surface area contributed by atoms with Crippen LogP contribution in [0.25, 0.3) is 0 Å². The molecule has 0 aliphatic heterocycles. The van der Waals surface area contributed by atoms with Gasteiger partial charge in [0.05, 0.1) is 0 Å². The zero-order valence-electron chi connectivity index (χ0n) is 16.5. The van der Waals surface area contributed by atoms with Gasteiger partial charge in [0.2, 0.25) is 0 Å². The van der Waals surface area contributed by atoms with Gasteiger partial charge in [0.25, 0.3) is 5.97 Å². The van der Waals surface area contributed by atoms with Crippen LogP contribution < -0.4 is 0 Å². The Labute approximate surface area is 153 Å². The van der Waals surface area contributed by atoms with Gasteiger partial charge in [-0.15, -0.1) is 0 Å². The fraction of sp³-hybridized carbons (Fsp3) is 0.762. The van der Waals surface area contributed by atoms with Gasteiger partial charge in [0.1, 0.15) is 11.5 Å². The first-order valence-electron chi connectivity index (χ1n) is 9.89. The maximum absolute atomic E-state index is 9.00. The van der Waals surface area contributed by atoms with Crippen molar-refractivity contribution in [2.75, 3.05) is 6.61 Å². The highest BCUT2D eigenvalue weighted by Gasteiger charge is 2.07. The van der Waals surface area contributed by atoms with Gasteiger partial charge in [0, 0.05) is 26.4 Å². The summed E-state index contributed by atoms with van der Waals surface area (Å²) in [6.45, 7) is 5.85. The van der Waals surface area contributed by atoms with Crippen LogP contribution in [0.4, 0.5) is 0 Å². The molecule has 4 nitrogen and oxygen atoms in total. The molecule has 2 N–H and O–H groups in total. The van der Waals surface area contributed by atoms with Gasteiger partial charge in [-0.05, 0) is 37.8 Å². The summed E-state index contributed by atoms with van der Waals surface area (Å²) in [4.78, 5) is 9.00. The number of rotatable bonds is 13. The minimum Gasteiger partial charge on any atom is -0.481 e. The summed E-state index contributed by atoms with van der Waals surface area (Å²) < 4.78 is 5.99. The Morgan fingerprint density at radius 2 is 1.48 bits per heavy atom. The molecule has 4 heteroatoms. The van der Waals surface area contributed by atoms with Crippen molar-refractivity contribution in [3.63, 3.8) is 0 Å². The maximum atomic E-state index is 9.00. The van der Waals surface area contributed by atoms with E-state index in [9.17, 15) is 0 Å². The molecule has 0 atom stereocenters. The summed E-state index contributed by atoms with van der Waals surface area (Å²) in [5, 5.41) is 16.1. The van der Waals surface area contributed by atoms with Gasteiger partial charge in [-0.3, -0.25) is 4.79 Å². The highest BCUT2D eigenvalue weighted by molar-refractivity contribution is 5.62. The largest absolute Gasteiger partial charge is 0.481 e. The minimum absolute atomic E-state index is 0.346. The lowest BCUT2D eigenvalue weighted by Gasteiger charge is -2.01. The summed E-state index contributed by atoms with van der Waals surface area (Å²) >= 11 is 0. The van der Waals surface area contributed by atoms with Gasteiger partial charge >= 0.3 is 0 Å². The summed E-state index contributed by atoms with van der Waals surface area (Å²) in [5.41, 5.74) is 1.34. The number of aliphatic hydroxyl groups is 1. The van der Waals surface area contributed by atoms with Crippen molar-refractivity contribution in [1.29, 1.82) is 0 Å². The molecule has 0 aliphatic rings. The van der Waals surface area contributed by atoms with Crippen molar-refractivity contribution >= 4 is 5.97 Å². The van der Waals surface area contributed by atoms with Crippen LogP contribution in [0, 0.1) is 6.92 Å². The van der Waals surface area contributed by atoms with E-state index in [-0.39, 0.29) is 0 Å². The number of hydrogen-bond acceptors (Lipinski definition) is 3. The van der Waals surface area contributed by atoms with Crippen LogP contribution in [0.1, 0.15) is 95.1 Å². The molecular formula is C21H38O4. The second-order valence-electron chi connectivity index (χ2n) is 6.74. The van der Waals surface area contributed by atoms with Crippen molar-refractivity contribution in [3.8, 4) is 0 Å². The standard InChI is InChI=1S/C19H34O2.C2H4O2/c1-3-4-10-13-18-16-17(2)19(21-18)14-11-8-6-5-7-9-12-15-20;1-2(3)4/h16,20H,3-15H2,1-2H3;1H3,(H,3,4). The van der Waals surface area contributed by atoms with Crippen molar-refractivity contribution < 1.29 is 19.4 Å². The Hall–Kier alpha value is -1.29. The van der Waals surface area contributed by atoms with Crippen molar-refractivity contribution in [3.05, 3.63) is 23.2 Å². The summed E-state index contributed by atoms with van der Waals surface area (Å²) in [7, 11) is 0. The second-order valence-corrected chi connectivity index (χ2v) is 6.74. The number of aliphatic hydroxyl groups excluding tert-OH is 1. The fourth-order valence-electron chi connectivity index (χ4n) is 2.79. The predicted octanol–water partition coefficient (Wildman–Crippen LogP) is 5.68. The molecule has 1 rings (SSSR count). The van der Waals surface area contributed by atoms with Gasteiger partial charge < -0.3 is 14.6 Å². The molecular weight excluding hydrogens is 316 g/mol. The average Bonchev–Trinajstić information content (AvgIpc) is 2.90.